The molecule has 0 spiro atoms. The third-order valence-electron chi connectivity index (χ3n) is 1.50. The molecule has 0 saturated carbocycles. The van der Waals surface area contributed by atoms with E-state index < -0.39 is 0 Å². The Kier molecular flexibility index (Phi) is 3.86. The van der Waals surface area contributed by atoms with Crippen molar-refractivity contribution >= 4 is 11.6 Å². The highest BCUT2D eigenvalue weighted by Gasteiger charge is 2.03. The smallest absolute Gasteiger partial charge is 0.162 e. The van der Waals surface area contributed by atoms with Gasteiger partial charge in [-0.15, -0.1) is 0 Å². The van der Waals surface area contributed by atoms with Crippen molar-refractivity contribution in [2.75, 3.05) is 20.3 Å². The average Bonchev–Trinajstić information content (AvgIpc) is 2.16. The summed E-state index contributed by atoms with van der Waals surface area (Å²) in [5.74, 6) is 1.29. The Morgan fingerprint density at radius 3 is 2.77 bits per heavy atom. The van der Waals surface area contributed by atoms with Crippen LogP contribution in [-0.4, -0.2) is 20.3 Å². The van der Waals surface area contributed by atoms with Gasteiger partial charge < -0.3 is 15.2 Å². The fourth-order valence-corrected chi connectivity index (χ4v) is 1.09. The topological polar surface area (TPSA) is 44.5 Å². The molecule has 72 valence electrons. The highest BCUT2D eigenvalue weighted by molar-refractivity contribution is 6.30. The first-order valence-corrected chi connectivity index (χ1v) is 4.32. The van der Waals surface area contributed by atoms with Crippen LogP contribution in [0, 0.1) is 0 Å². The first-order valence-electron chi connectivity index (χ1n) is 3.94. The second-order valence-electron chi connectivity index (χ2n) is 2.43. The summed E-state index contributed by atoms with van der Waals surface area (Å²) in [5, 5.41) is 0.622. The van der Waals surface area contributed by atoms with Gasteiger partial charge in [0.05, 0.1) is 7.11 Å². The Labute approximate surface area is 82.4 Å². The molecule has 4 heteroatoms. The molecule has 0 aliphatic rings. The fraction of sp³-hybridized carbons (Fsp3) is 0.333. The summed E-state index contributed by atoms with van der Waals surface area (Å²) in [5.41, 5.74) is 5.31. The van der Waals surface area contributed by atoms with Gasteiger partial charge in [-0.25, -0.2) is 0 Å². The monoisotopic (exact) mass is 201 g/mol. The molecule has 0 unspecified atom stereocenters. The Hall–Kier alpha value is -0.930. The normalized spacial score (nSPS) is 9.77. The zero-order valence-electron chi connectivity index (χ0n) is 7.42. The van der Waals surface area contributed by atoms with E-state index in [2.05, 4.69) is 0 Å². The second kappa shape index (κ2) is 4.94. The standard InChI is InChI=1S/C9H12ClNO2/c1-12-9-6-7(10)2-3-8(9)13-5-4-11/h2-3,6H,4-5,11H2,1H3. The molecule has 0 amide bonds. The first kappa shape index (κ1) is 10.2. The molecule has 1 aromatic carbocycles. The summed E-state index contributed by atoms with van der Waals surface area (Å²) in [6.45, 7) is 0.948. The number of ether oxygens (including phenoxy) is 2. The van der Waals surface area contributed by atoms with Gasteiger partial charge in [-0.05, 0) is 12.1 Å². The van der Waals surface area contributed by atoms with Gasteiger partial charge in [-0.2, -0.15) is 0 Å². The predicted octanol–water partition coefficient (Wildman–Crippen LogP) is 1.69. The number of hydrogen-bond acceptors (Lipinski definition) is 3. The quantitative estimate of drug-likeness (QED) is 0.806. The van der Waals surface area contributed by atoms with Gasteiger partial charge in [0.2, 0.25) is 0 Å². The van der Waals surface area contributed by atoms with Crippen molar-refractivity contribution in [1.29, 1.82) is 0 Å². The van der Waals surface area contributed by atoms with Crippen LogP contribution in [0.1, 0.15) is 0 Å². The molecule has 1 aromatic rings. The fourth-order valence-electron chi connectivity index (χ4n) is 0.930. The van der Waals surface area contributed by atoms with Gasteiger partial charge in [0.15, 0.2) is 11.5 Å². The molecule has 2 N–H and O–H groups in total. The molecular formula is C9H12ClNO2. The van der Waals surface area contributed by atoms with Gasteiger partial charge in [-0.1, -0.05) is 11.6 Å². The van der Waals surface area contributed by atoms with Crippen LogP contribution < -0.4 is 15.2 Å². The Morgan fingerprint density at radius 1 is 1.38 bits per heavy atom. The molecule has 1 rings (SSSR count). The van der Waals surface area contributed by atoms with Crippen molar-refractivity contribution < 1.29 is 9.47 Å². The van der Waals surface area contributed by atoms with Gasteiger partial charge in [0, 0.05) is 17.6 Å². The van der Waals surface area contributed by atoms with Crippen LogP contribution in [0.25, 0.3) is 0 Å². The lowest BCUT2D eigenvalue weighted by molar-refractivity contribution is 0.302. The summed E-state index contributed by atoms with van der Waals surface area (Å²) in [7, 11) is 1.57. The third kappa shape index (κ3) is 2.79. The highest BCUT2D eigenvalue weighted by Crippen LogP contribution is 2.29. The molecule has 3 nitrogen and oxygen atoms in total. The maximum atomic E-state index is 5.77. The maximum Gasteiger partial charge on any atom is 0.162 e. The number of nitrogens with two attached hydrogens (primary N) is 1. The number of halogens is 1. The average molecular weight is 202 g/mol. The molecule has 0 radical (unpaired) electrons. The van der Waals surface area contributed by atoms with Gasteiger partial charge in [0.25, 0.3) is 0 Å². The molecule has 0 bridgehead atoms. The molecule has 0 aliphatic carbocycles. The summed E-state index contributed by atoms with van der Waals surface area (Å²) < 4.78 is 10.4. The van der Waals surface area contributed by atoms with Crippen LogP contribution in [0.5, 0.6) is 11.5 Å². The van der Waals surface area contributed by atoms with E-state index in [1.54, 1.807) is 25.3 Å². The lowest BCUT2D eigenvalue weighted by Gasteiger charge is -2.09. The van der Waals surface area contributed by atoms with Crippen LogP contribution in [0.15, 0.2) is 18.2 Å². The van der Waals surface area contributed by atoms with E-state index in [0.29, 0.717) is 29.7 Å². The van der Waals surface area contributed by atoms with E-state index in [1.165, 1.54) is 0 Å². The van der Waals surface area contributed by atoms with E-state index in [0.717, 1.165) is 0 Å². The molecule has 0 atom stereocenters. The van der Waals surface area contributed by atoms with Crippen molar-refractivity contribution in [3.05, 3.63) is 23.2 Å². The molecular weight excluding hydrogens is 190 g/mol. The Balaban J connectivity index is 2.79. The van der Waals surface area contributed by atoms with Gasteiger partial charge in [-0.3, -0.25) is 0 Å². The first-order chi connectivity index (χ1) is 6.27. The van der Waals surface area contributed by atoms with Crippen molar-refractivity contribution in [3.8, 4) is 11.5 Å². The van der Waals surface area contributed by atoms with Crippen LogP contribution in [0.4, 0.5) is 0 Å². The second-order valence-corrected chi connectivity index (χ2v) is 2.87. The van der Waals surface area contributed by atoms with Crippen LogP contribution in [0.2, 0.25) is 5.02 Å². The van der Waals surface area contributed by atoms with Crippen molar-refractivity contribution in [1.82, 2.24) is 0 Å². The summed E-state index contributed by atoms with van der Waals surface area (Å²) in [6.07, 6.45) is 0. The number of methoxy groups -OCH3 is 1. The SMILES string of the molecule is COc1cc(Cl)ccc1OCCN. The minimum atomic E-state index is 0.470. The van der Waals surface area contributed by atoms with E-state index in [-0.39, 0.29) is 0 Å². The van der Waals surface area contributed by atoms with Crippen molar-refractivity contribution in [3.63, 3.8) is 0 Å². The van der Waals surface area contributed by atoms with E-state index in [9.17, 15) is 0 Å². The van der Waals surface area contributed by atoms with E-state index in [4.69, 9.17) is 26.8 Å². The van der Waals surface area contributed by atoms with Gasteiger partial charge in [0.1, 0.15) is 6.61 Å². The third-order valence-corrected chi connectivity index (χ3v) is 1.74. The summed E-state index contributed by atoms with van der Waals surface area (Å²) >= 11 is 5.77. The van der Waals surface area contributed by atoms with Crippen LogP contribution in [0.3, 0.4) is 0 Å². The highest BCUT2D eigenvalue weighted by atomic mass is 35.5. The Bertz CT molecular complexity index is 278. The molecule has 0 aromatic heterocycles. The summed E-state index contributed by atoms with van der Waals surface area (Å²) in [4.78, 5) is 0. The van der Waals surface area contributed by atoms with Crippen LogP contribution in [-0.2, 0) is 0 Å². The van der Waals surface area contributed by atoms with E-state index in [1.807, 2.05) is 0 Å². The Morgan fingerprint density at radius 2 is 2.15 bits per heavy atom. The van der Waals surface area contributed by atoms with Gasteiger partial charge >= 0.3 is 0 Å². The number of benzene rings is 1. The number of hydrogen-bond donors (Lipinski definition) is 1. The minimum absolute atomic E-state index is 0.470. The molecule has 13 heavy (non-hydrogen) atoms. The number of rotatable bonds is 4. The van der Waals surface area contributed by atoms with Crippen LogP contribution >= 0.6 is 11.6 Å². The minimum Gasteiger partial charge on any atom is -0.493 e. The molecule has 0 aliphatic heterocycles. The predicted molar refractivity (Wildman–Crippen MR) is 52.6 cm³/mol. The largest absolute Gasteiger partial charge is 0.493 e. The van der Waals surface area contributed by atoms with E-state index >= 15 is 0 Å². The lowest BCUT2D eigenvalue weighted by atomic mass is 10.3. The zero-order chi connectivity index (χ0) is 9.68. The molecule has 0 saturated heterocycles. The maximum absolute atomic E-state index is 5.77. The zero-order valence-corrected chi connectivity index (χ0v) is 8.17. The summed E-state index contributed by atoms with van der Waals surface area (Å²) in [6, 6.07) is 5.21. The lowest BCUT2D eigenvalue weighted by Crippen LogP contribution is -2.10. The molecule has 0 heterocycles. The van der Waals surface area contributed by atoms with Crippen molar-refractivity contribution in [2.45, 2.75) is 0 Å². The van der Waals surface area contributed by atoms with Crippen molar-refractivity contribution in [2.24, 2.45) is 5.73 Å². The molecule has 0 fully saturated rings.